The molecule has 2 aliphatic rings. The van der Waals surface area contributed by atoms with Crippen LogP contribution in [0.3, 0.4) is 0 Å². The number of allylic oxidation sites excluding steroid dienone is 1. The van der Waals surface area contributed by atoms with Crippen LogP contribution < -0.4 is 0 Å². The van der Waals surface area contributed by atoms with Crippen LogP contribution in [0.4, 0.5) is 8.78 Å². The molecule has 27 heavy (non-hydrogen) atoms. The molecule has 2 aliphatic carbocycles. The lowest BCUT2D eigenvalue weighted by molar-refractivity contribution is 0.157. The second-order valence-electron chi connectivity index (χ2n) is 8.70. The van der Waals surface area contributed by atoms with Gasteiger partial charge in [-0.3, -0.25) is 0 Å². The lowest BCUT2D eigenvalue weighted by Gasteiger charge is -2.38. The molecule has 0 saturated heterocycles. The van der Waals surface area contributed by atoms with Gasteiger partial charge >= 0.3 is 0 Å². The topological polar surface area (TPSA) is 20.2 Å². The Morgan fingerprint density at radius 3 is 2.00 bits per heavy atom. The zero-order valence-electron chi connectivity index (χ0n) is 16.4. The Labute approximate surface area is 162 Å². The van der Waals surface area contributed by atoms with Gasteiger partial charge < -0.3 is 5.11 Å². The zero-order valence-corrected chi connectivity index (χ0v) is 16.4. The summed E-state index contributed by atoms with van der Waals surface area (Å²) in [4.78, 5) is 0. The van der Waals surface area contributed by atoms with Crippen molar-refractivity contribution in [2.75, 3.05) is 6.61 Å². The largest absolute Gasteiger partial charge is 0.396 e. The van der Waals surface area contributed by atoms with Gasteiger partial charge in [-0.05, 0) is 92.7 Å². The van der Waals surface area contributed by atoms with Crippen LogP contribution >= 0.6 is 0 Å². The maximum absolute atomic E-state index is 14.2. The van der Waals surface area contributed by atoms with Gasteiger partial charge in [0.15, 0.2) is 0 Å². The molecule has 2 saturated carbocycles. The molecule has 0 amide bonds. The summed E-state index contributed by atoms with van der Waals surface area (Å²) in [6.45, 7) is 3.60. The van der Waals surface area contributed by atoms with Crippen molar-refractivity contribution >= 4 is 0 Å². The van der Waals surface area contributed by atoms with Crippen molar-refractivity contribution in [1.29, 1.82) is 0 Å². The maximum Gasteiger partial charge on any atom is 0.129 e. The van der Waals surface area contributed by atoms with E-state index >= 15 is 0 Å². The monoisotopic (exact) mass is 376 g/mol. The van der Waals surface area contributed by atoms with Gasteiger partial charge in [-0.2, -0.15) is 0 Å². The van der Waals surface area contributed by atoms with Crippen LogP contribution in [-0.4, -0.2) is 11.7 Å². The molecule has 150 valence electrons. The summed E-state index contributed by atoms with van der Waals surface area (Å²) >= 11 is 0. The molecule has 2 fully saturated rings. The quantitative estimate of drug-likeness (QED) is 0.535. The molecule has 3 heteroatoms. The molecule has 0 heterocycles. The predicted molar refractivity (Wildman–Crippen MR) is 107 cm³/mol. The summed E-state index contributed by atoms with van der Waals surface area (Å²) in [5.41, 5.74) is 0.821. The second kappa shape index (κ2) is 9.82. The average Bonchev–Trinajstić information content (AvgIpc) is 2.69. The van der Waals surface area contributed by atoms with Crippen molar-refractivity contribution in [2.45, 2.75) is 76.5 Å². The second-order valence-corrected chi connectivity index (χ2v) is 8.70. The van der Waals surface area contributed by atoms with Gasteiger partial charge in [0.2, 0.25) is 0 Å². The van der Waals surface area contributed by atoms with E-state index in [0.717, 1.165) is 42.6 Å². The summed E-state index contributed by atoms with van der Waals surface area (Å²) in [7, 11) is 0. The Morgan fingerprint density at radius 2 is 1.48 bits per heavy atom. The SMILES string of the molecule is C=CCCC1CCC(C2CCC(c3cc(F)c(CCO)c(F)c3)CC2)CC1. The molecule has 0 radical (unpaired) electrons. The Kier molecular flexibility index (Phi) is 7.46. The molecule has 0 spiro atoms. The molecule has 0 atom stereocenters. The Hall–Kier alpha value is -1.22. The molecular weight excluding hydrogens is 342 g/mol. The smallest absolute Gasteiger partial charge is 0.129 e. The molecule has 0 aliphatic heterocycles. The van der Waals surface area contributed by atoms with Gasteiger partial charge in [0.25, 0.3) is 0 Å². The fraction of sp³-hybridized carbons (Fsp3) is 0.667. The zero-order chi connectivity index (χ0) is 19.2. The van der Waals surface area contributed by atoms with Crippen LogP contribution in [-0.2, 0) is 6.42 Å². The van der Waals surface area contributed by atoms with Crippen LogP contribution in [0.2, 0.25) is 0 Å². The van der Waals surface area contributed by atoms with E-state index < -0.39 is 11.6 Å². The first-order chi connectivity index (χ1) is 13.1. The van der Waals surface area contributed by atoms with Crippen molar-refractivity contribution in [3.05, 3.63) is 47.5 Å². The first-order valence-corrected chi connectivity index (χ1v) is 10.8. The van der Waals surface area contributed by atoms with Gasteiger partial charge in [-0.1, -0.05) is 18.9 Å². The van der Waals surface area contributed by atoms with Gasteiger partial charge in [0.1, 0.15) is 11.6 Å². The number of aliphatic hydroxyl groups is 1. The van der Waals surface area contributed by atoms with E-state index in [-0.39, 0.29) is 24.5 Å². The van der Waals surface area contributed by atoms with Crippen LogP contribution in [0.25, 0.3) is 0 Å². The fourth-order valence-electron chi connectivity index (χ4n) is 5.43. The van der Waals surface area contributed by atoms with Gasteiger partial charge in [0.05, 0.1) is 0 Å². The molecule has 1 N–H and O–H groups in total. The van der Waals surface area contributed by atoms with Gasteiger partial charge in [-0.15, -0.1) is 6.58 Å². The number of aliphatic hydroxyl groups excluding tert-OH is 1. The van der Waals surface area contributed by atoms with E-state index in [1.165, 1.54) is 57.1 Å². The third-order valence-corrected chi connectivity index (χ3v) is 7.11. The number of hydrogen-bond acceptors (Lipinski definition) is 1. The first-order valence-electron chi connectivity index (χ1n) is 10.8. The molecular formula is C24H34F2O. The summed E-state index contributed by atoms with van der Waals surface area (Å²) in [6.07, 6.45) is 14.4. The standard InChI is InChI=1S/C24H34F2O/c1-2-3-4-17-5-7-18(8-6-17)19-9-11-20(12-10-19)21-15-23(25)22(13-14-27)24(26)16-21/h2,15-20,27H,1,3-14H2. The number of rotatable bonds is 7. The van der Waals surface area contributed by atoms with E-state index in [4.69, 9.17) is 5.11 Å². The molecule has 0 aromatic heterocycles. The summed E-state index contributed by atoms with van der Waals surface area (Å²) < 4.78 is 28.4. The highest BCUT2D eigenvalue weighted by Gasteiger charge is 2.31. The minimum absolute atomic E-state index is 0.0168. The third kappa shape index (κ3) is 5.19. The Bertz CT molecular complexity index is 588. The van der Waals surface area contributed by atoms with Gasteiger partial charge in [-0.25, -0.2) is 8.78 Å². The summed E-state index contributed by atoms with van der Waals surface area (Å²) in [5, 5.41) is 8.96. The van der Waals surface area contributed by atoms with Crippen LogP contribution in [0, 0.1) is 29.4 Å². The first kappa shape index (κ1) is 20.5. The van der Waals surface area contributed by atoms with Crippen molar-refractivity contribution < 1.29 is 13.9 Å². The van der Waals surface area contributed by atoms with Crippen LogP contribution in [0.1, 0.15) is 81.3 Å². The maximum atomic E-state index is 14.2. The van der Waals surface area contributed by atoms with Crippen molar-refractivity contribution in [1.82, 2.24) is 0 Å². The fourth-order valence-corrected chi connectivity index (χ4v) is 5.43. The molecule has 1 aromatic carbocycles. The van der Waals surface area contributed by atoms with E-state index in [2.05, 4.69) is 6.58 Å². The molecule has 3 rings (SSSR count). The average molecular weight is 377 g/mol. The third-order valence-electron chi connectivity index (χ3n) is 7.11. The number of hydrogen-bond donors (Lipinski definition) is 1. The minimum Gasteiger partial charge on any atom is -0.396 e. The van der Waals surface area contributed by atoms with Crippen molar-refractivity contribution in [2.24, 2.45) is 17.8 Å². The highest BCUT2D eigenvalue weighted by Crippen LogP contribution is 2.44. The van der Waals surface area contributed by atoms with E-state index in [1.54, 1.807) is 0 Å². The number of benzene rings is 1. The van der Waals surface area contributed by atoms with Crippen molar-refractivity contribution in [3.8, 4) is 0 Å². The van der Waals surface area contributed by atoms with Crippen LogP contribution in [0.15, 0.2) is 24.8 Å². The molecule has 0 unspecified atom stereocenters. The van der Waals surface area contributed by atoms with Crippen molar-refractivity contribution in [3.63, 3.8) is 0 Å². The Balaban J connectivity index is 1.51. The lowest BCUT2D eigenvalue weighted by Crippen LogP contribution is -2.25. The normalized spacial score (nSPS) is 28.9. The summed E-state index contributed by atoms with van der Waals surface area (Å²) in [5.74, 6) is 1.81. The predicted octanol–water partition coefficient (Wildman–Crippen LogP) is 6.55. The van der Waals surface area contributed by atoms with E-state index in [9.17, 15) is 8.78 Å². The highest BCUT2D eigenvalue weighted by molar-refractivity contribution is 5.29. The van der Waals surface area contributed by atoms with E-state index in [1.807, 2.05) is 6.08 Å². The molecule has 0 bridgehead atoms. The number of halogens is 2. The van der Waals surface area contributed by atoms with Gasteiger partial charge in [0, 0.05) is 18.6 Å². The molecule has 1 aromatic rings. The Morgan fingerprint density at radius 1 is 0.926 bits per heavy atom. The lowest BCUT2D eigenvalue weighted by atomic mass is 9.68. The molecule has 1 nitrogen and oxygen atoms in total. The highest BCUT2D eigenvalue weighted by atomic mass is 19.1. The summed E-state index contributed by atoms with van der Waals surface area (Å²) in [6, 6.07) is 3.01. The minimum atomic E-state index is -0.501. The van der Waals surface area contributed by atoms with Crippen LogP contribution in [0.5, 0.6) is 0 Å². The van der Waals surface area contributed by atoms with E-state index in [0.29, 0.717) is 0 Å².